The first-order chi connectivity index (χ1) is 16.6. The highest BCUT2D eigenvalue weighted by atomic mass is 16.5. The number of amides is 1. The highest BCUT2D eigenvalue weighted by Crippen LogP contribution is 2.34. The van der Waals surface area contributed by atoms with Crippen molar-refractivity contribution in [3.05, 3.63) is 83.1 Å². The van der Waals surface area contributed by atoms with E-state index in [1.54, 1.807) is 30.4 Å². The third-order valence-electron chi connectivity index (χ3n) is 6.20. The molecule has 1 N–H and O–H groups in total. The third kappa shape index (κ3) is 4.26. The molecule has 0 fully saturated rings. The van der Waals surface area contributed by atoms with Gasteiger partial charge >= 0.3 is 0 Å². The van der Waals surface area contributed by atoms with Gasteiger partial charge < -0.3 is 10.1 Å². The lowest BCUT2D eigenvalue weighted by Crippen LogP contribution is -2.25. The number of nitrogens with one attached hydrogen (secondary N) is 1. The average molecular weight is 455 g/mol. The molecule has 1 aliphatic carbocycles. The second kappa shape index (κ2) is 9.43. The van der Waals surface area contributed by atoms with Crippen molar-refractivity contribution in [2.24, 2.45) is 0 Å². The SMILES string of the molecule is COc1ccc2c(c1)CCc1cnc(-n3ncc(C(=O)NCCCc4ccncc4)c3C)nc1-2. The normalized spacial score (nSPS) is 12.1. The van der Waals surface area contributed by atoms with Crippen LogP contribution in [-0.4, -0.2) is 44.3 Å². The molecule has 172 valence electrons. The molecule has 5 rings (SSSR count). The number of carbonyl (C=O) groups excluding carboxylic acids is 1. The molecule has 3 heterocycles. The van der Waals surface area contributed by atoms with Gasteiger partial charge in [-0.3, -0.25) is 9.78 Å². The second-order valence-corrected chi connectivity index (χ2v) is 8.34. The van der Waals surface area contributed by atoms with E-state index in [0.717, 1.165) is 48.3 Å². The summed E-state index contributed by atoms with van der Waals surface area (Å²) >= 11 is 0. The van der Waals surface area contributed by atoms with Crippen LogP contribution in [0, 0.1) is 6.92 Å². The Balaban J connectivity index is 1.32. The molecule has 0 saturated heterocycles. The quantitative estimate of drug-likeness (QED) is 0.430. The van der Waals surface area contributed by atoms with E-state index in [0.29, 0.717) is 23.8 Å². The van der Waals surface area contributed by atoms with Crippen LogP contribution in [0.15, 0.2) is 55.1 Å². The van der Waals surface area contributed by atoms with Gasteiger partial charge in [-0.25, -0.2) is 14.6 Å². The summed E-state index contributed by atoms with van der Waals surface area (Å²) < 4.78 is 7.00. The van der Waals surface area contributed by atoms with Gasteiger partial charge in [0.25, 0.3) is 11.9 Å². The van der Waals surface area contributed by atoms with E-state index < -0.39 is 0 Å². The molecule has 3 aromatic heterocycles. The van der Waals surface area contributed by atoms with Crippen molar-refractivity contribution in [1.29, 1.82) is 0 Å². The Hall–Kier alpha value is -4.07. The first kappa shape index (κ1) is 21.8. The average Bonchev–Trinajstić information content (AvgIpc) is 3.27. The lowest BCUT2D eigenvalue weighted by molar-refractivity contribution is 0.0952. The van der Waals surface area contributed by atoms with Gasteiger partial charge in [0.2, 0.25) is 0 Å². The Morgan fingerprint density at radius 2 is 1.94 bits per heavy atom. The number of ether oxygens (including phenoxy) is 1. The van der Waals surface area contributed by atoms with Crippen molar-refractivity contribution in [2.45, 2.75) is 32.6 Å². The van der Waals surface area contributed by atoms with E-state index in [2.05, 4.69) is 26.4 Å². The number of pyridine rings is 1. The fourth-order valence-electron chi connectivity index (χ4n) is 4.29. The molecule has 34 heavy (non-hydrogen) atoms. The molecule has 4 aromatic rings. The zero-order valence-corrected chi connectivity index (χ0v) is 19.3. The van der Waals surface area contributed by atoms with Crippen LogP contribution in [0.3, 0.4) is 0 Å². The number of fused-ring (bicyclic) bond motifs is 3. The topological polar surface area (TPSA) is 94.8 Å². The summed E-state index contributed by atoms with van der Waals surface area (Å²) in [4.78, 5) is 26.2. The number of aryl methyl sites for hydroxylation is 3. The predicted molar refractivity (Wildman–Crippen MR) is 128 cm³/mol. The monoisotopic (exact) mass is 454 g/mol. The highest BCUT2D eigenvalue weighted by molar-refractivity contribution is 5.95. The van der Waals surface area contributed by atoms with Gasteiger partial charge in [-0.2, -0.15) is 5.10 Å². The number of methoxy groups -OCH3 is 1. The lowest BCUT2D eigenvalue weighted by atomic mass is 9.90. The number of rotatable bonds is 7. The van der Waals surface area contributed by atoms with E-state index in [-0.39, 0.29) is 5.91 Å². The fraction of sp³-hybridized carbons (Fsp3) is 0.269. The van der Waals surface area contributed by atoms with Crippen molar-refractivity contribution >= 4 is 5.91 Å². The number of hydrogen-bond acceptors (Lipinski definition) is 6. The van der Waals surface area contributed by atoms with Crippen LogP contribution in [0.5, 0.6) is 5.75 Å². The second-order valence-electron chi connectivity index (χ2n) is 8.34. The van der Waals surface area contributed by atoms with Crippen LogP contribution >= 0.6 is 0 Å². The zero-order valence-electron chi connectivity index (χ0n) is 19.3. The maximum absolute atomic E-state index is 12.8. The van der Waals surface area contributed by atoms with E-state index >= 15 is 0 Å². The molecule has 8 nitrogen and oxygen atoms in total. The number of nitrogens with zero attached hydrogens (tertiary/aromatic N) is 5. The van der Waals surface area contributed by atoms with Gasteiger partial charge in [0, 0.05) is 30.7 Å². The molecular formula is C26H26N6O2. The van der Waals surface area contributed by atoms with Gasteiger partial charge in [-0.15, -0.1) is 0 Å². The predicted octanol–water partition coefficient (Wildman–Crippen LogP) is 3.50. The van der Waals surface area contributed by atoms with Crippen molar-refractivity contribution in [3.8, 4) is 23.0 Å². The van der Waals surface area contributed by atoms with Crippen molar-refractivity contribution in [3.63, 3.8) is 0 Å². The highest BCUT2D eigenvalue weighted by Gasteiger charge is 2.21. The summed E-state index contributed by atoms with van der Waals surface area (Å²) in [5, 5.41) is 7.41. The van der Waals surface area contributed by atoms with Crippen LogP contribution in [0.4, 0.5) is 0 Å². The smallest absolute Gasteiger partial charge is 0.254 e. The molecule has 0 radical (unpaired) electrons. The van der Waals surface area contributed by atoms with E-state index in [4.69, 9.17) is 9.72 Å². The first-order valence-corrected chi connectivity index (χ1v) is 11.4. The van der Waals surface area contributed by atoms with E-state index in [9.17, 15) is 4.79 Å². The maximum atomic E-state index is 12.8. The number of benzene rings is 1. The summed E-state index contributed by atoms with van der Waals surface area (Å²) in [6.07, 6.45) is 10.5. The van der Waals surface area contributed by atoms with E-state index in [1.807, 2.05) is 37.4 Å². The van der Waals surface area contributed by atoms with Crippen LogP contribution in [0.1, 0.15) is 39.2 Å². The minimum atomic E-state index is -0.145. The zero-order chi connectivity index (χ0) is 23.5. The Bertz CT molecular complexity index is 1330. The van der Waals surface area contributed by atoms with Crippen LogP contribution in [0.2, 0.25) is 0 Å². The molecule has 0 atom stereocenters. The number of carbonyl (C=O) groups is 1. The molecular weight excluding hydrogens is 428 g/mol. The van der Waals surface area contributed by atoms with Gasteiger partial charge in [-0.1, -0.05) is 0 Å². The van der Waals surface area contributed by atoms with Gasteiger partial charge in [0.1, 0.15) is 5.75 Å². The van der Waals surface area contributed by atoms with Gasteiger partial charge in [-0.05, 0) is 79.6 Å². The van der Waals surface area contributed by atoms with Crippen molar-refractivity contribution in [1.82, 2.24) is 30.0 Å². The van der Waals surface area contributed by atoms with Crippen LogP contribution in [-0.2, 0) is 19.3 Å². The Morgan fingerprint density at radius 1 is 1.12 bits per heavy atom. The number of hydrogen-bond donors (Lipinski definition) is 1. The van der Waals surface area contributed by atoms with Gasteiger partial charge in [0.05, 0.1) is 30.3 Å². The maximum Gasteiger partial charge on any atom is 0.254 e. The molecule has 1 aliphatic rings. The fourth-order valence-corrected chi connectivity index (χ4v) is 4.29. The summed E-state index contributed by atoms with van der Waals surface area (Å²) in [5.41, 5.74) is 6.75. The van der Waals surface area contributed by atoms with Gasteiger partial charge in [0.15, 0.2) is 0 Å². The molecule has 0 bridgehead atoms. The third-order valence-corrected chi connectivity index (χ3v) is 6.20. The summed E-state index contributed by atoms with van der Waals surface area (Å²) in [6.45, 7) is 2.45. The number of aromatic nitrogens is 5. The molecule has 1 aromatic carbocycles. The summed E-state index contributed by atoms with van der Waals surface area (Å²) in [6, 6.07) is 10.0. The van der Waals surface area contributed by atoms with E-state index in [1.165, 1.54) is 11.1 Å². The Morgan fingerprint density at radius 3 is 2.76 bits per heavy atom. The molecule has 0 unspecified atom stereocenters. The molecule has 0 aliphatic heterocycles. The Kier molecular flexibility index (Phi) is 6.03. The molecule has 8 heteroatoms. The Labute approximate surface area is 198 Å². The first-order valence-electron chi connectivity index (χ1n) is 11.4. The summed E-state index contributed by atoms with van der Waals surface area (Å²) in [5.74, 6) is 1.15. The van der Waals surface area contributed by atoms with Crippen molar-refractivity contribution in [2.75, 3.05) is 13.7 Å². The largest absolute Gasteiger partial charge is 0.497 e. The molecule has 1 amide bonds. The minimum absolute atomic E-state index is 0.145. The standard InChI is InChI=1S/C26H26N6O2/c1-17-23(25(33)28-11-3-4-18-9-12-27-13-10-18)16-30-32(17)26-29-15-20-6-5-19-14-21(34-2)7-8-22(19)24(20)31-26/h7-10,12-16H,3-6,11H2,1-2H3,(H,28,33). The van der Waals surface area contributed by atoms with Crippen LogP contribution in [0.25, 0.3) is 17.2 Å². The minimum Gasteiger partial charge on any atom is -0.497 e. The molecule has 0 spiro atoms. The van der Waals surface area contributed by atoms with Crippen LogP contribution < -0.4 is 10.1 Å². The molecule has 0 saturated carbocycles. The lowest BCUT2D eigenvalue weighted by Gasteiger charge is -2.19. The van der Waals surface area contributed by atoms with Crippen molar-refractivity contribution < 1.29 is 9.53 Å². The summed E-state index contributed by atoms with van der Waals surface area (Å²) in [7, 11) is 1.67.